The largest absolute Gasteiger partial charge is 0.491 e. The van der Waals surface area contributed by atoms with Crippen molar-refractivity contribution in [1.29, 1.82) is 0 Å². The van der Waals surface area contributed by atoms with E-state index in [1.165, 1.54) is 23.1 Å². The van der Waals surface area contributed by atoms with Gasteiger partial charge in [0.25, 0.3) is 5.91 Å². The molecule has 0 unspecified atom stereocenters. The van der Waals surface area contributed by atoms with Crippen molar-refractivity contribution in [2.75, 3.05) is 44.3 Å². The van der Waals surface area contributed by atoms with E-state index in [0.717, 1.165) is 5.56 Å². The molecular formula is C25H33F3N4O5S. The number of hydrogen-bond donors (Lipinski definition) is 1. The molecule has 0 spiro atoms. The van der Waals surface area contributed by atoms with Crippen molar-refractivity contribution in [3.63, 3.8) is 0 Å². The van der Waals surface area contributed by atoms with Crippen LogP contribution < -0.4 is 9.46 Å². The van der Waals surface area contributed by atoms with Crippen LogP contribution >= 0.6 is 0 Å². The maximum absolute atomic E-state index is 13.4. The highest BCUT2D eigenvalue weighted by molar-refractivity contribution is 7.92. The minimum Gasteiger partial charge on any atom is -0.491 e. The van der Waals surface area contributed by atoms with Gasteiger partial charge >= 0.3 is 6.18 Å². The minimum absolute atomic E-state index is 0.0220. The molecule has 13 heteroatoms. The van der Waals surface area contributed by atoms with Crippen LogP contribution in [0.2, 0.25) is 0 Å². The van der Waals surface area contributed by atoms with E-state index in [0.29, 0.717) is 13.1 Å². The number of aromatic nitrogens is 1. The van der Waals surface area contributed by atoms with Gasteiger partial charge in [-0.05, 0) is 42.7 Å². The Hall–Kier alpha value is -2.90. The van der Waals surface area contributed by atoms with E-state index < -0.39 is 27.9 Å². The molecule has 2 heterocycles. The van der Waals surface area contributed by atoms with Crippen molar-refractivity contribution in [3.05, 3.63) is 53.9 Å². The van der Waals surface area contributed by atoms with Gasteiger partial charge < -0.3 is 14.4 Å². The Morgan fingerprint density at radius 2 is 1.95 bits per heavy atom. The molecule has 0 saturated carbocycles. The van der Waals surface area contributed by atoms with Gasteiger partial charge in [0.2, 0.25) is 10.0 Å². The number of methoxy groups -OCH3 is 1. The van der Waals surface area contributed by atoms with E-state index in [1.807, 2.05) is 30.7 Å². The number of amides is 1. The first-order valence-corrected chi connectivity index (χ1v) is 13.7. The average Bonchev–Trinajstić information content (AvgIpc) is 2.83. The smallest absolute Gasteiger partial charge is 0.404 e. The zero-order valence-corrected chi connectivity index (χ0v) is 22.6. The predicted molar refractivity (Wildman–Crippen MR) is 136 cm³/mol. The number of nitrogens with one attached hydrogen (secondary N) is 1. The second-order valence-corrected chi connectivity index (χ2v) is 11.3. The molecule has 0 fully saturated rings. The summed E-state index contributed by atoms with van der Waals surface area (Å²) in [5.41, 5.74) is 0.873. The van der Waals surface area contributed by atoms with Crippen LogP contribution in [0, 0.1) is 5.92 Å². The van der Waals surface area contributed by atoms with Crippen molar-refractivity contribution >= 4 is 21.6 Å². The van der Waals surface area contributed by atoms with Crippen LogP contribution in [0.15, 0.2) is 42.7 Å². The van der Waals surface area contributed by atoms with Crippen LogP contribution in [-0.4, -0.2) is 87.0 Å². The Morgan fingerprint density at radius 1 is 1.21 bits per heavy atom. The summed E-state index contributed by atoms with van der Waals surface area (Å²) in [6, 6.07) is 7.60. The standard InChI is InChI=1S/C25H33F3N4O5S/c1-17-12-32(13-19-6-5-9-29-11-19)18(2)15-37-22-8-7-20(30-38(34,35)16-25(26,27)28)10-21(22)24(33)31(3)14-23(17)36-4/h5-11,17-18,23,30H,12-16H2,1-4H3/t17-,18-,23+/m1/s1. The summed E-state index contributed by atoms with van der Waals surface area (Å²) in [5, 5.41) is 0. The second-order valence-electron chi connectivity index (χ2n) is 9.58. The lowest BCUT2D eigenvalue weighted by atomic mass is 10.0. The summed E-state index contributed by atoms with van der Waals surface area (Å²) in [6.45, 7) is 5.73. The molecule has 1 N–H and O–H groups in total. The maximum atomic E-state index is 13.4. The van der Waals surface area contributed by atoms with E-state index in [2.05, 4.69) is 9.88 Å². The third kappa shape index (κ3) is 8.30. The fraction of sp³-hybridized carbons (Fsp3) is 0.520. The molecule has 0 radical (unpaired) electrons. The molecule has 3 atom stereocenters. The third-order valence-electron chi connectivity index (χ3n) is 6.31. The quantitative estimate of drug-likeness (QED) is 0.580. The molecule has 1 aromatic carbocycles. The Morgan fingerprint density at radius 3 is 2.58 bits per heavy atom. The molecule has 2 aromatic rings. The molecule has 1 amide bonds. The molecule has 1 aliphatic rings. The third-order valence-corrected chi connectivity index (χ3v) is 7.56. The fourth-order valence-corrected chi connectivity index (χ4v) is 5.28. The zero-order chi connectivity index (χ0) is 28.1. The van der Waals surface area contributed by atoms with Gasteiger partial charge in [-0.2, -0.15) is 13.2 Å². The first-order valence-electron chi connectivity index (χ1n) is 12.0. The number of alkyl halides is 3. The summed E-state index contributed by atoms with van der Waals surface area (Å²) in [6.07, 6.45) is -1.72. The number of nitrogens with zero attached hydrogens (tertiary/aromatic N) is 3. The molecule has 0 saturated heterocycles. The molecule has 1 aromatic heterocycles. The zero-order valence-electron chi connectivity index (χ0n) is 21.7. The first kappa shape index (κ1) is 29.7. The van der Waals surface area contributed by atoms with Crippen LogP contribution in [0.25, 0.3) is 0 Å². The summed E-state index contributed by atoms with van der Waals surface area (Å²) in [7, 11) is -1.58. The highest BCUT2D eigenvalue weighted by Crippen LogP contribution is 2.28. The van der Waals surface area contributed by atoms with Crippen molar-refractivity contribution in [1.82, 2.24) is 14.8 Å². The second kappa shape index (κ2) is 12.3. The Balaban J connectivity index is 1.94. The first-order chi connectivity index (χ1) is 17.8. The summed E-state index contributed by atoms with van der Waals surface area (Å²) < 4.78 is 75.7. The van der Waals surface area contributed by atoms with E-state index in [-0.39, 0.29) is 48.2 Å². The van der Waals surface area contributed by atoms with Gasteiger partial charge in [-0.3, -0.25) is 19.4 Å². The van der Waals surface area contributed by atoms with Gasteiger partial charge in [0.15, 0.2) is 5.75 Å². The van der Waals surface area contributed by atoms with Crippen LogP contribution in [0.3, 0.4) is 0 Å². The molecule has 0 aliphatic carbocycles. The topological polar surface area (TPSA) is 101 Å². The number of rotatable bonds is 6. The maximum Gasteiger partial charge on any atom is 0.404 e. The Kier molecular flexibility index (Phi) is 9.60. The van der Waals surface area contributed by atoms with Crippen LogP contribution in [-0.2, 0) is 21.3 Å². The molecule has 0 bridgehead atoms. The van der Waals surface area contributed by atoms with Crippen molar-refractivity contribution < 1.29 is 35.9 Å². The molecule has 1 aliphatic heterocycles. The van der Waals surface area contributed by atoms with Gasteiger partial charge in [0, 0.05) is 57.9 Å². The number of carbonyl (C=O) groups excluding carboxylic acids is 1. The lowest BCUT2D eigenvalue weighted by molar-refractivity contribution is -0.106. The summed E-state index contributed by atoms with van der Waals surface area (Å²) in [4.78, 5) is 21.2. The lowest BCUT2D eigenvalue weighted by Crippen LogP contribution is -2.46. The number of likely N-dealkylation sites (N-methyl/N-ethyl adjacent to an activating group) is 1. The number of anilines is 1. The molecule has 9 nitrogen and oxygen atoms in total. The Labute approximate surface area is 221 Å². The number of carbonyl (C=O) groups is 1. The van der Waals surface area contributed by atoms with Gasteiger partial charge in [0.1, 0.15) is 12.4 Å². The van der Waals surface area contributed by atoms with Crippen LogP contribution in [0.1, 0.15) is 29.8 Å². The predicted octanol–water partition coefficient (Wildman–Crippen LogP) is 3.39. The van der Waals surface area contributed by atoms with E-state index in [9.17, 15) is 26.4 Å². The van der Waals surface area contributed by atoms with E-state index in [4.69, 9.17) is 9.47 Å². The Bertz CT molecular complexity index is 1200. The number of fused-ring (bicyclic) bond motifs is 1. The lowest BCUT2D eigenvalue weighted by Gasteiger charge is -2.36. The normalized spacial score (nSPS) is 22.1. The molecular weight excluding hydrogens is 525 g/mol. The van der Waals surface area contributed by atoms with Crippen LogP contribution in [0.5, 0.6) is 5.75 Å². The van der Waals surface area contributed by atoms with E-state index >= 15 is 0 Å². The van der Waals surface area contributed by atoms with E-state index in [1.54, 1.807) is 26.6 Å². The highest BCUT2D eigenvalue weighted by Gasteiger charge is 2.35. The average molecular weight is 559 g/mol. The van der Waals surface area contributed by atoms with Gasteiger partial charge in [-0.25, -0.2) is 8.42 Å². The SMILES string of the molecule is CO[C@H]1CN(C)C(=O)c2cc(NS(=O)(=O)CC(F)(F)F)ccc2OC[C@@H](C)N(Cc2cccnc2)C[C@H]1C. The number of hydrogen-bond acceptors (Lipinski definition) is 7. The number of halogens is 3. The molecule has 38 heavy (non-hydrogen) atoms. The monoisotopic (exact) mass is 558 g/mol. The van der Waals surface area contributed by atoms with Crippen molar-refractivity contribution in [3.8, 4) is 5.75 Å². The number of pyridine rings is 1. The van der Waals surface area contributed by atoms with Crippen LogP contribution in [0.4, 0.5) is 18.9 Å². The van der Waals surface area contributed by atoms with Crippen molar-refractivity contribution in [2.24, 2.45) is 5.92 Å². The van der Waals surface area contributed by atoms with Crippen molar-refractivity contribution in [2.45, 2.75) is 38.7 Å². The number of benzene rings is 1. The molecule has 3 rings (SSSR count). The van der Waals surface area contributed by atoms with Gasteiger partial charge in [-0.1, -0.05) is 13.0 Å². The van der Waals surface area contributed by atoms with Gasteiger partial charge in [-0.15, -0.1) is 0 Å². The number of sulfonamides is 1. The number of ether oxygens (including phenoxy) is 2. The highest BCUT2D eigenvalue weighted by atomic mass is 32.2. The van der Waals surface area contributed by atoms with Gasteiger partial charge in [0.05, 0.1) is 11.7 Å². The minimum atomic E-state index is -4.91. The summed E-state index contributed by atoms with van der Waals surface area (Å²) >= 11 is 0. The summed E-state index contributed by atoms with van der Waals surface area (Å²) in [5.74, 6) is -2.31. The molecule has 210 valence electrons. The fourth-order valence-electron chi connectivity index (χ4n) is 4.29.